The number of nitrogens with zero attached hydrogens (tertiary/aromatic N) is 1. The molecule has 22 heavy (non-hydrogen) atoms. The highest BCUT2D eigenvalue weighted by Crippen LogP contribution is 2.17. The first-order valence-electron chi connectivity index (χ1n) is 7.81. The third kappa shape index (κ3) is 4.22. The molecule has 0 aliphatic carbocycles. The summed E-state index contributed by atoms with van der Waals surface area (Å²) >= 11 is 0. The molecule has 1 N–H and O–H groups in total. The molecule has 0 bridgehead atoms. The van der Waals surface area contributed by atoms with Crippen LogP contribution in [-0.2, 0) is 9.84 Å². The van der Waals surface area contributed by atoms with Crippen LogP contribution >= 0.6 is 0 Å². The summed E-state index contributed by atoms with van der Waals surface area (Å²) in [5.74, 6) is 0.0169. The van der Waals surface area contributed by atoms with Gasteiger partial charge in [0.2, 0.25) is 0 Å². The maximum Gasteiger partial charge on any atom is 0.251 e. The molecule has 122 valence electrons. The van der Waals surface area contributed by atoms with Gasteiger partial charge in [0.15, 0.2) is 9.84 Å². The van der Waals surface area contributed by atoms with Gasteiger partial charge < -0.3 is 10.2 Å². The topological polar surface area (TPSA) is 66.5 Å². The van der Waals surface area contributed by atoms with E-state index in [9.17, 15) is 13.2 Å². The van der Waals surface area contributed by atoms with Crippen molar-refractivity contribution in [2.45, 2.75) is 32.7 Å². The number of hydrogen-bond acceptors (Lipinski definition) is 4. The van der Waals surface area contributed by atoms with E-state index in [4.69, 9.17) is 0 Å². The van der Waals surface area contributed by atoms with Crippen LogP contribution in [0.4, 0.5) is 5.69 Å². The minimum absolute atomic E-state index is 0.0525. The maximum atomic E-state index is 12.2. The maximum absolute atomic E-state index is 12.2. The Balaban J connectivity index is 1.99. The summed E-state index contributed by atoms with van der Waals surface area (Å²) in [6.45, 7) is 6.16. The van der Waals surface area contributed by atoms with E-state index in [1.165, 1.54) is 0 Å². The third-order valence-corrected chi connectivity index (χ3v) is 5.71. The standard InChI is InChI=1S/C16H24N2O3S/c1-3-10-18(4-2)15-7-5-13(6-8-15)16(19)17-14-9-11-22(20,21)12-14/h5-8,14H,3-4,9-12H2,1-2H3,(H,17,19)/t14-/m1/s1. The number of anilines is 1. The molecule has 1 aromatic carbocycles. The van der Waals surface area contributed by atoms with Gasteiger partial charge in [-0.05, 0) is 44.0 Å². The molecule has 0 radical (unpaired) electrons. The lowest BCUT2D eigenvalue weighted by atomic mass is 10.1. The summed E-state index contributed by atoms with van der Waals surface area (Å²) in [5.41, 5.74) is 1.67. The molecule has 2 rings (SSSR count). The Hall–Kier alpha value is -1.56. The number of benzene rings is 1. The largest absolute Gasteiger partial charge is 0.372 e. The van der Waals surface area contributed by atoms with E-state index in [0.717, 1.165) is 25.2 Å². The monoisotopic (exact) mass is 324 g/mol. The minimum Gasteiger partial charge on any atom is -0.372 e. The molecule has 1 aliphatic heterocycles. The fourth-order valence-electron chi connectivity index (χ4n) is 2.74. The molecule has 1 aromatic rings. The molecule has 0 spiro atoms. The molecule has 0 aromatic heterocycles. The van der Waals surface area contributed by atoms with Crippen LogP contribution in [0.5, 0.6) is 0 Å². The smallest absolute Gasteiger partial charge is 0.251 e. The zero-order valence-electron chi connectivity index (χ0n) is 13.2. The van der Waals surface area contributed by atoms with Gasteiger partial charge in [-0.1, -0.05) is 6.92 Å². The van der Waals surface area contributed by atoms with Crippen LogP contribution in [-0.4, -0.2) is 45.0 Å². The SMILES string of the molecule is CCCN(CC)c1ccc(C(=O)N[C@@H]2CCS(=O)(=O)C2)cc1. The molecule has 1 heterocycles. The van der Waals surface area contributed by atoms with Crippen molar-refractivity contribution in [2.24, 2.45) is 0 Å². The van der Waals surface area contributed by atoms with Crippen LogP contribution < -0.4 is 10.2 Å². The molecule has 0 saturated carbocycles. The summed E-state index contributed by atoms with van der Waals surface area (Å²) in [4.78, 5) is 14.4. The number of carbonyl (C=O) groups is 1. The zero-order valence-corrected chi connectivity index (χ0v) is 14.0. The average Bonchev–Trinajstić information content (AvgIpc) is 2.84. The first-order chi connectivity index (χ1) is 10.4. The second-order valence-corrected chi connectivity index (χ2v) is 7.93. The van der Waals surface area contributed by atoms with E-state index in [1.54, 1.807) is 12.1 Å². The molecule has 1 saturated heterocycles. The first kappa shape index (κ1) is 16.8. The Labute approximate surface area is 132 Å². The van der Waals surface area contributed by atoms with Crippen molar-refractivity contribution in [3.05, 3.63) is 29.8 Å². The first-order valence-corrected chi connectivity index (χ1v) is 9.63. The number of sulfone groups is 1. The van der Waals surface area contributed by atoms with Crippen LogP contribution in [0.25, 0.3) is 0 Å². The fraction of sp³-hybridized carbons (Fsp3) is 0.562. The molecular weight excluding hydrogens is 300 g/mol. The minimum atomic E-state index is -2.97. The summed E-state index contributed by atoms with van der Waals surface area (Å²) in [7, 11) is -2.97. The van der Waals surface area contributed by atoms with Crippen molar-refractivity contribution in [3.8, 4) is 0 Å². The van der Waals surface area contributed by atoms with Gasteiger partial charge in [0.25, 0.3) is 5.91 Å². The van der Waals surface area contributed by atoms with Crippen LogP contribution in [0.15, 0.2) is 24.3 Å². The van der Waals surface area contributed by atoms with Gasteiger partial charge in [-0.3, -0.25) is 4.79 Å². The number of nitrogens with one attached hydrogen (secondary N) is 1. The predicted octanol–water partition coefficient (Wildman–Crippen LogP) is 1.84. The summed E-state index contributed by atoms with van der Waals surface area (Å²) in [6, 6.07) is 7.22. The van der Waals surface area contributed by atoms with Crippen LogP contribution in [0.1, 0.15) is 37.0 Å². The number of amides is 1. The molecule has 1 atom stereocenters. The second-order valence-electron chi connectivity index (χ2n) is 5.70. The van der Waals surface area contributed by atoms with Crippen molar-refractivity contribution in [1.82, 2.24) is 5.32 Å². The van der Waals surface area contributed by atoms with E-state index < -0.39 is 9.84 Å². The lowest BCUT2D eigenvalue weighted by Gasteiger charge is -2.22. The van der Waals surface area contributed by atoms with Gasteiger partial charge in [0, 0.05) is 30.4 Å². The average molecular weight is 324 g/mol. The van der Waals surface area contributed by atoms with Crippen LogP contribution in [0, 0.1) is 0 Å². The van der Waals surface area contributed by atoms with Crippen molar-refractivity contribution >= 4 is 21.4 Å². The van der Waals surface area contributed by atoms with Crippen molar-refractivity contribution < 1.29 is 13.2 Å². The number of hydrogen-bond donors (Lipinski definition) is 1. The molecule has 1 amide bonds. The molecule has 5 nitrogen and oxygen atoms in total. The highest BCUT2D eigenvalue weighted by Gasteiger charge is 2.29. The molecule has 6 heteroatoms. The predicted molar refractivity (Wildman–Crippen MR) is 89.1 cm³/mol. The van der Waals surface area contributed by atoms with Crippen LogP contribution in [0.2, 0.25) is 0 Å². The van der Waals surface area contributed by atoms with Crippen LogP contribution in [0.3, 0.4) is 0 Å². The number of rotatable bonds is 6. The summed E-state index contributed by atoms with van der Waals surface area (Å²) in [5, 5.41) is 2.81. The lowest BCUT2D eigenvalue weighted by molar-refractivity contribution is 0.0941. The van der Waals surface area contributed by atoms with Gasteiger partial charge in [-0.2, -0.15) is 0 Å². The fourth-order valence-corrected chi connectivity index (χ4v) is 4.41. The lowest BCUT2D eigenvalue weighted by Crippen LogP contribution is -2.35. The van der Waals surface area contributed by atoms with E-state index >= 15 is 0 Å². The molecule has 1 aliphatic rings. The molecule has 1 fully saturated rings. The summed E-state index contributed by atoms with van der Waals surface area (Å²) in [6.07, 6.45) is 1.58. The third-order valence-electron chi connectivity index (χ3n) is 3.94. The van der Waals surface area contributed by atoms with Crippen molar-refractivity contribution in [1.29, 1.82) is 0 Å². The number of carbonyl (C=O) groups excluding carboxylic acids is 1. The second kappa shape index (κ2) is 7.13. The van der Waals surface area contributed by atoms with Gasteiger partial charge in [0.05, 0.1) is 11.5 Å². The van der Waals surface area contributed by atoms with Crippen molar-refractivity contribution in [3.63, 3.8) is 0 Å². The van der Waals surface area contributed by atoms with E-state index in [0.29, 0.717) is 12.0 Å². The van der Waals surface area contributed by atoms with Gasteiger partial charge >= 0.3 is 0 Å². The molecular formula is C16H24N2O3S. The highest BCUT2D eigenvalue weighted by atomic mass is 32.2. The van der Waals surface area contributed by atoms with E-state index in [-0.39, 0.29) is 23.5 Å². The Morgan fingerprint density at radius 2 is 1.95 bits per heavy atom. The van der Waals surface area contributed by atoms with Gasteiger partial charge in [-0.25, -0.2) is 8.42 Å². The Bertz CT molecular complexity index is 611. The highest BCUT2D eigenvalue weighted by molar-refractivity contribution is 7.91. The normalized spacial score (nSPS) is 19.8. The van der Waals surface area contributed by atoms with E-state index in [2.05, 4.69) is 24.1 Å². The zero-order chi connectivity index (χ0) is 16.2. The quantitative estimate of drug-likeness (QED) is 0.867. The van der Waals surface area contributed by atoms with Gasteiger partial charge in [0.1, 0.15) is 0 Å². The Kier molecular flexibility index (Phi) is 5.45. The van der Waals surface area contributed by atoms with E-state index in [1.807, 2.05) is 12.1 Å². The van der Waals surface area contributed by atoms with Crippen molar-refractivity contribution in [2.75, 3.05) is 29.5 Å². The molecule has 0 unspecified atom stereocenters. The Morgan fingerprint density at radius 1 is 1.27 bits per heavy atom. The Morgan fingerprint density at radius 3 is 2.45 bits per heavy atom. The van der Waals surface area contributed by atoms with Gasteiger partial charge in [-0.15, -0.1) is 0 Å². The summed E-state index contributed by atoms with van der Waals surface area (Å²) < 4.78 is 22.8.